The van der Waals surface area contributed by atoms with Gasteiger partial charge in [-0.25, -0.2) is 4.98 Å². The Labute approximate surface area is 125 Å². The number of rotatable bonds is 2. The number of fused-ring (bicyclic) bond motifs is 2. The molecule has 0 amide bonds. The average molecular weight is 285 g/mol. The predicted octanol–water partition coefficient (Wildman–Crippen LogP) is 2.70. The molecule has 3 heterocycles. The maximum atomic E-state index is 4.55. The van der Waals surface area contributed by atoms with Gasteiger partial charge >= 0.3 is 0 Å². The maximum Gasteiger partial charge on any atom is 0.254 e. The lowest BCUT2D eigenvalue weighted by atomic mass is 9.75. The number of hydrogen-bond donors (Lipinski definition) is 0. The minimum atomic E-state index is 0.732. The van der Waals surface area contributed by atoms with Gasteiger partial charge < -0.3 is 4.90 Å². The van der Waals surface area contributed by atoms with Crippen LogP contribution in [0.15, 0.2) is 12.4 Å². The fraction of sp³-hybridized carbons (Fsp3) is 0.688. The van der Waals surface area contributed by atoms with Crippen LogP contribution < -0.4 is 4.90 Å². The second kappa shape index (κ2) is 5.28. The van der Waals surface area contributed by atoms with Crippen molar-refractivity contribution in [1.82, 2.24) is 19.6 Å². The molecule has 2 fully saturated rings. The van der Waals surface area contributed by atoms with E-state index in [1.165, 1.54) is 44.5 Å². The van der Waals surface area contributed by atoms with Gasteiger partial charge in [-0.05, 0) is 31.1 Å². The van der Waals surface area contributed by atoms with Gasteiger partial charge in [0.05, 0.1) is 0 Å². The van der Waals surface area contributed by atoms with Crippen molar-refractivity contribution in [3.05, 3.63) is 18.1 Å². The Bertz CT molecular complexity index is 635. The highest BCUT2D eigenvalue weighted by atomic mass is 15.4. The van der Waals surface area contributed by atoms with Crippen LogP contribution >= 0.6 is 0 Å². The van der Waals surface area contributed by atoms with Crippen LogP contribution in [0.1, 0.15) is 44.7 Å². The van der Waals surface area contributed by atoms with Crippen molar-refractivity contribution in [3.8, 4) is 0 Å². The van der Waals surface area contributed by atoms with Crippen LogP contribution in [0.5, 0.6) is 0 Å². The van der Waals surface area contributed by atoms with Crippen LogP contribution in [0, 0.1) is 11.8 Å². The number of hydrogen-bond acceptors (Lipinski definition) is 4. The monoisotopic (exact) mass is 285 g/mol. The van der Waals surface area contributed by atoms with Crippen LogP contribution in [0.25, 0.3) is 5.78 Å². The molecule has 1 saturated heterocycles. The van der Waals surface area contributed by atoms with Gasteiger partial charge in [-0.1, -0.05) is 26.2 Å². The van der Waals surface area contributed by atoms with Gasteiger partial charge in [0.15, 0.2) is 0 Å². The molecule has 1 aliphatic heterocycles. The lowest BCUT2D eigenvalue weighted by Crippen LogP contribution is -2.42. The van der Waals surface area contributed by atoms with Crippen LogP contribution in [0.4, 0.5) is 5.82 Å². The molecule has 4 rings (SSSR count). The van der Waals surface area contributed by atoms with Gasteiger partial charge in [0.1, 0.15) is 12.1 Å². The van der Waals surface area contributed by atoms with Crippen LogP contribution in [0.2, 0.25) is 0 Å². The normalized spacial score (nSPS) is 26.0. The van der Waals surface area contributed by atoms with Crippen molar-refractivity contribution < 1.29 is 0 Å². The highest BCUT2D eigenvalue weighted by molar-refractivity contribution is 5.47. The summed E-state index contributed by atoms with van der Waals surface area (Å²) in [5.74, 6) is 3.73. The van der Waals surface area contributed by atoms with Crippen molar-refractivity contribution in [3.63, 3.8) is 0 Å². The highest BCUT2D eigenvalue weighted by Crippen LogP contribution is 2.37. The number of aromatic nitrogens is 4. The van der Waals surface area contributed by atoms with Gasteiger partial charge in [0, 0.05) is 24.8 Å². The first-order valence-electron chi connectivity index (χ1n) is 8.29. The molecule has 0 spiro atoms. The molecular formula is C16H23N5. The maximum absolute atomic E-state index is 4.55. The van der Waals surface area contributed by atoms with Gasteiger partial charge in [0.25, 0.3) is 5.78 Å². The molecule has 2 atom stereocenters. The summed E-state index contributed by atoms with van der Waals surface area (Å²) in [5, 5.41) is 4.37. The summed E-state index contributed by atoms with van der Waals surface area (Å²) < 4.78 is 1.91. The van der Waals surface area contributed by atoms with Crippen molar-refractivity contribution in [2.75, 3.05) is 18.0 Å². The summed E-state index contributed by atoms with van der Waals surface area (Å²) in [5.41, 5.74) is 1.11. The molecule has 1 aliphatic carbocycles. The van der Waals surface area contributed by atoms with E-state index in [2.05, 4.69) is 33.0 Å². The first kappa shape index (κ1) is 13.0. The molecule has 2 unspecified atom stereocenters. The van der Waals surface area contributed by atoms with E-state index in [0.29, 0.717) is 0 Å². The summed E-state index contributed by atoms with van der Waals surface area (Å²) in [6.45, 7) is 4.46. The lowest BCUT2D eigenvalue weighted by Gasteiger charge is -2.42. The first-order valence-corrected chi connectivity index (χ1v) is 8.29. The van der Waals surface area contributed by atoms with E-state index in [-0.39, 0.29) is 0 Å². The van der Waals surface area contributed by atoms with E-state index in [0.717, 1.165) is 36.3 Å². The Morgan fingerprint density at radius 2 is 2.05 bits per heavy atom. The van der Waals surface area contributed by atoms with Crippen molar-refractivity contribution in [2.45, 2.75) is 45.4 Å². The van der Waals surface area contributed by atoms with E-state index in [1.807, 2.05) is 4.52 Å². The molecule has 2 aromatic heterocycles. The largest absolute Gasteiger partial charge is 0.356 e. The SMILES string of the molecule is CCc1cc(N2CCC3CCCCC3C2)n2ncnc2n1. The molecule has 2 aliphatic rings. The van der Waals surface area contributed by atoms with Gasteiger partial charge in [-0.2, -0.15) is 14.6 Å². The minimum absolute atomic E-state index is 0.732. The third-order valence-corrected chi connectivity index (χ3v) is 5.26. The van der Waals surface area contributed by atoms with E-state index in [4.69, 9.17) is 0 Å². The average Bonchev–Trinajstić information content (AvgIpc) is 3.01. The third kappa shape index (κ3) is 2.28. The zero-order valence-corrected chi connectivity index (χ0v) is 12.7. The molecule has 0 radical (unpaired) electrons. The molecule has 5 heteroatoms. The summed E-state index contributed by atoms with van der Waals surface area (Å²) in [6.07, 6.45) is 9.55. The molecule has 112 valence electrons. The first-order chi connectivity index (χ1) is 10.3. The van der Waals surface area contributed by atoms with Crippen molar-refractivity contribution in [2.24, 2.45) is 11.8 Å². The zero-order valence-electron chi connectivity index (χ0n) is 12.7. The molecule has 2 aromatic rings. The van der Waals surface area contributed by atoms with Gasteiger partial charge in [-0.15, -0.1) is 0 Å². The number of aryl methyl sites for hydroxylation is 1. The molecular weight excluding hydrogens is 262 g/mol. The Balaban J connectivity index is 1.67. The number of anilines is 1. The molecule has 0 N–H and O–H groups in total. The second-order valence-electron chi connectivity index (χ2n) is 6.47. The van der Waals surface area contributed by atoms with E-state index < -0.39 is 0 Å². The van der Waals surface area contributed by atoms with E-state index in [1.54, 1.807) is 6.33 Å². The van der Waals surface area contributed by atoms with Crippen LogP contribution in [-0.4, -0.2) is 32.7 Å². The number of nitrogens with zero attached hydrogens (tertiary/aromatic N) is 5. The lowest BCUT2D eigenvalue weighted by molar-refractivity contribution is 0.201. The fourth-order valence-corrected chi connectivity index (χ4v) is 4.06. The number of piperidine rings is 1. The van der Waals surface area contributed by atoms with Gasteiger partial charge in [0.2, 0.25) is 0 Å². The Morgan fingerprint density at radius 1 is 1.19 bits per heavy atom. The Kier molecular flexibility index (Phi) is 3.28. The minimum Gasteiger partial charge on any atom is -0.356 e. The third-order valence-electron chi connectivity index (χ3n) is 5.26. The van der Waals surface area contributed by atoms with Crippen LogP contribution in [0.3, 0.4) is 0 Å². The molecule has 5 nitrogen and oxygen atoms in total. The highest BCUT2D eigenvalue weighted by Gasteiger charge is 2.32. The second-order valence-corrected chi connectivity index (χ2v) is 6.47. The fourth-order valence-electron chi connectivity index (χ4n) is 4.06. The molecule has 1 saturated carbocycles. The summed E-state index contributed by atoms with van der Waals surface area (Å²) in [7, 11) is 0. The topological polar surface area (TPSA) is 46.3 Å². The summed E-state index contributed by atoms with van der Waals surface area (Å²) in [4.78, 5) is 11.3. The van der Waals surface area contributed by atoms with Crippen molar-refractivity contribution >= 4 is 11.6 Å². The summed E-state index contributed by atoms with van der Waals surface area (Å²) in [6, 6.07) is 2.20. The Hall–Kier alpha value is -1.65. The Morgan fingerprint density at radius 3 is 2.90 bits per heavy atom. The van der Waals surface area contributed by atoms with Crippen LogP contribution in [-0.2, 0) is 6.42 Å². The van der Waals surface area contributed by atoms with Crippen molar-refractivity contribution in [1.29, 1.82) is 0 Å². The standard InChI is InChI=1S/C16H23N5/c1-2-14-9-15(21-16(19-14)17-11-18-21)20-8-7-12-5-3-4-6-13(12)10-20/h9,11-13H,2-8,10H2,1H3. The molecule has 0 bridgehead atoms. The quantitative estimate of drug-likeness (QED) is 0.851. The zero-order chi connectivity index (χ0) is 14.2. The van der Waals surface area contributed by atoms with Gasteiger partial charge in [-0.3, -0.25) is 0 Å². The molecule has 0 aromatic carbocycles. The summed E-state index contributed by atoms with van der Waals surface area (Å²) >= 11 is 0. The van der Waals surface area contributed by atoms with E-state index >= 15 is 0 Å². The smallest absolute Gasteiger partial charge is 0.254 e. The van der Waals surface area contributed by atoms with E-state index in [9.17, 15) is 0 Å². The molecule has 21 heavy (non-hydrogen) atoms. The predicted molar refractivity (Wildman–Crippen MR) is 82.4 cm³/mol.